The topological polar surface area (TPSA) is 80.4 Å². The van der Waals surface area contributed by atoms with Gasteiger partial charge in [-0.05, 0) is 31.2 Å². The molecule has 1 heterocycles. The van der Waals surface area contributed by atoms with Gasteiger partial charge >= 0.3 is 5.97 Å². The summed E-state index contributed by atoms with van der Waals surface area (Å²) in [6, 6.07) is 12.3. The molecule has 0 aliphatic rings. The fourth-order valence-corrected chi connectivity index (χ4v) is 2.88. The van der Waals surface area contributed by atoms with Crippen molar-refractivity contribution in [3.05, 3.63) is 58.7 Å². The van der Waals surface area contributed by atoms with Gasteiger partial charge in [0.25, 0.3) is 5.91 Å². The van der Waals surface area contributed by atoms with Crippen LogP contribution in [0.2, 0.25) is 5.02 Å². The number of benzene rings is 2. The Balaban J connectivity index is 1.69. The zero-order chi connectivity index (χ0) is 18.7. The van der Waals surface area contributed by atoms with Crippen molar-refractivity contribution in [2.75, 3.05) is 19.0 Å². The summed E-state index contributed by atoms with van der Waals surface area (Å²) >= 11 is 5.93. The molecule has 0 bridgehead atoms. The molecule has 0 saturated carbocycles. The Bertz CT molecular complexity index is 981. The highest BCUT2D eigenvalue weighted by molar-refractivity contribution is 6.31. The first-order valence-corrected chi connectivity index (χ1v) is 8.25. The largest absolute Gasteiger partial charge is 0.495 e. The minimum Gasteiger partial charge on any atom is -0.495 e. The summed E-state index contributed by atoms with van der Waals surface area (Å²) < 4.78 is 10.3. The number of esters is 1. The van der Waals surface area contributed by atoms with E-state index >= 15 is 0 Å². The Morgan fingerprint density at radius 1 is 1.19 bits per heavy atom. The van der Waals surface area contributed by atoms with E-state index in [9.17, 15) is 9.59 Å². The normalized spacial score (nSPS) is 10.6. The van der Waals surface area contributed by atoms with Gasteiger partial charge in [0.1, 0.15) is 5.75 Å². The number of aromatic amines is 1. The number of aromatic nitrogens is 1. The van der Waals surface area contributed by atoms with E-state index in [2.05, 4.69) is 10.3 Å². The van der Waals surface area contributed by atoms with E-state index in [4.69, 9.17) is 21.1 Å². The van der Waals surface area contributed by atoms with Crippen molar-refractivity contribution >= 4 is 40.1 Å². The molecule has 0 fully saturated rings. The molecule has 0 atom stereocenters. The van der Waals surface area contributed by atoms with Gasteiger partial charge in [0.15, 0.2) is 6.61 Å². The van der Waals surface area contributed by atoms with Gasteiger partial charge in [0.2, 0.25) is 0 Å². The van der Waals surface area contributed by atoms with Crippen LogP contribution in [0.1, 0.15) is 16.1 Å². The van der Waals surface area contributed by atoms with Crippen molar-refractivity contribution in [2.24, 2.45) is 0 Å². The van der Waals surface area contributed by atoms with Gasteiger partial charge in [-0.1, -0.05) is 29.8 Å². The van der Waals surface area contributed by atoms with Crippen molar-refractivity contribution in [1.29, 1.82) is 0 Å². The Morgan fingerprint density at radius 2 is 1.96 bits per heavy atom. The molecule has 26 heavy (non-hydrogen) atoms. The molecule has 3 aromatic rings. The second-order valence-electron chi connectivity index (χ2n) is 5.64. The predicted molar refractivity (Wildman–Crippen MR) is 100.0 cm³/mol. The Kier molecular flexibility index (Phi) is 5.14. The van der Waals surface area contributed by atoms with Crippen LogP contribution in [-0.2, 0) is 9.53 Å². The quantitative estimate of drug-likeness (QED) is 0.665. The fourth-order valence-electron chi connectivity index (χ4n) is 2.71. The Morgan fingerprint density at radius 3 is 2.73 bits per heavy atom. The number of carbonyl (C=O) groups is 2. The van der Waals surface area contributed by atoms with Crippen molar-refractivity contribution in [2.45, 2.75) is 6.92 Å². The number of anilines is 1. The third-order valence-corrected chi connectivity index (χ3v) is 4.10. The lowest BCUT2D eigenvalue weighted by Gasteiger charge is -2.11. The van der Waals surface area contributed by atoms with Gasteiger partial charge in [-0.2, -0.15) is 0 Å². The lowest BCUT2D eigenvalue weighted by Crippen LogP contribution is -2.21. The number of H-pyrrole nitrogens is 1. The molecule has 0 aliphatic heterocycles. The van der Waals surface area contributed by atoms with Crippen LogP contribution in [0.4, 0.5) is 5.69 Å². The molecule has 0 saturated heterocycles. The fraction of sp³-hybridized carbons (Fsp3) is 0.158. The van der Waals surface area contributed by atoms with Crippen LogP contribution in [-0.4, -0.2) is 30.6 Å². The first-order chi connectivity index (χ1) is 12.5. The molecular weight excluding hydrogens is 356 g/mol. The van der Waals surface area contributed by atoms with Gasteiger partial charge < -0.3 is 19.8 Å². The van der Waals surface area contributed by atoms with Crippen LogP contribution in [0.25, 0.3) is 10.9 Å². The van der Waals surface area contributed by atoms with Gasteiger partial charge in [0.05, 0.1) is 18.4 Å². The van der Waals surface area contributed by atoms with Crippen molar-refractivity contribution in [3.63, 3.8) is 0 Å². The lowest BCUT2D eigenvalue weighted by atomic mass is 10.1. The molecule has 3 rings (SSSR count). The molecule has 1 aromatic heterocycles. The molecule has 134 valence electrons. The van der Waals surface area contributed by atoms with Crippen LogP contribution in [0.5, 0.6) is 5.75 Å². The molecule has 7 heteroatoms. The zero-order valence-electron chi connectivity index (χ0n) is 14.3. The number of aryl methyl sites for hydroxylation is 1. The van der Waals surface area contributed by atoms with E-state index in [0.717, 1.165) is 10.9 Å². The van der Waals surface area contributed by atoms with Crippen LogP contribution in [0.15, 0.2) is 42.5 Å². The van der Waals surface area contributed by atoms with Gasteiger partial charge in [-0.3, -0.25) is 4.79 Å². The van der Waals surface area contributed by atoms with Gasteiger partial charge in [-0.15, -0.1) is 0 Å². The standard InChI is InChI=1S/C19H17ClN2O4/c1-11-18(13-5-3-4-6-14(13)21-11)19(24)26-10-17(23)22-15-9-12(20)7-8-16(15)25-2/h3-9,21H,10H2,1-2H3,(H,22,23). The van der Waals surface area contributed by atoms with E-state index in [1.165, 1.54) is 7.11 Å². The van der Waals surface area contributed by atoms with Gasteiger partial charge in [-0.25, -0.2) is 4.79 Å². The smallest absolute Gasteiger partial charge is 0.341 e. The van der Waals surface area contributed by atoms with E-state index < -0.39 is 18.5 Å². The average Bonchev–Trinajstić information content (AvgIpc) is 2.95. The van der Waals surface area contributed by atoms with Crippen LogP contribution < -0.4 is 10.1 Å². The second kappa shape index (κ2) is 7.49. The summed E-state index contributed by atoms with van der Waals surface area (Å²) in [7, 11) is 1.48. The van der Waals surface area contributed by atoms with Gasteiger partial charge in [0, 0.05) is 21.6 Å². The molecule has 0 unspecified atom stereocenters. The highest BCUT2D eigenvalue weighted by atomic mass is 35.5. The number of fused-ring (bicyclic) bond motifs is 1. The number of amides is 1. The monoisotopic (exact) mass is 372 g/mol. The maximum atomic E-state index is 12.4. The first-order valence-electron chi connectivity index (χ1n) is 7.87. The van der Waals surface area contributed by atoms with Crippen LogP contribution in [0, 0.1) is 6.92 Å². The first kappa shape index (κ1) is 17.8. The molecule has 0 radical (unpaired) electrons. The minimum atomic E-state index is -0.562. The van der Waals surface area contributed by atoms with Crippen molar-refractivity contribution < 1.29 is 19.1 Å². The number of para-hydroxylation sites is 1. The molecular formula is C19H17ClN2O4. The summed E-state index contributed by atoms with van der Waals surface area (Å²) in [5.41, 5.74) is 2.36. The predicted octanol–water partition coefficient (Wildman–Crippen LogP) is 3.93. The molecule has 0 spiro atoms. The van der Waals surface area contributed by atoms with Crippen LogP contribution >= 0.6 is 11.6 Å². The number of halogens is 1. The van der Waals surface area contributed by atoms with Crippen molar-refractivity contribution in [1.82, 2.24) is 4.98 Å². The summed E-state index contributed by atoms with van der Waals surface area (Å²) in [6.45, 7) is 1.36. The minimum absolute atomic E-state index is 0.407. The third-order valence-electron chi connectivity index (χ3n) is 3.87. The number of hydrogen-bond acceptors (Lipinski definition) is 4. The Hall–Kier alpha value is -2.99. The van der Waals surface area contributed by atoms with E-state index in [1.54, 1.807) is 25.1 Å². The SMILES string of the molecule is COc1ccc(Cl)cc1NC(=O)COC(=O)c1c(C)[nH]c2ccccc12. The maximum absolute atomic E-state index is 12.4. The molecule has 0 aliphatic carbocycles. The molecule has 2 aromatic carbocycles. The molecule has 6 nitrogen and oxygen atoms in total. The summed E-state index contributed by atoms with van der Waals surface area (Å²) in [6.07, 6.45) is 0. The van der Waals surface area contributed by atoms with E-state index in [-0.39, 0.29) is 0 Å². The second-order valence-corrected chi connectivity index (χ2v) is 6.08. The number of hydrogen-bond donors (Lipinski definition) is 2. The number of ether oxygens (including phenoxy) is 2. The molecule has 1 amide bonds. The van der Waals surface area contributed by atoms with Crippen LogP contribution in [0.3, 0.4) is 0 Å². The van der Waals surface area contributed by atoms with E-state index in [1.807, 2.05) is 24.3 Å². The lowest BCUT2D eigenvalue weighted by molar-refractivity contribution is -0.119. The maximum Gasteiger partial charge on any atom is 0.341 e. The van der Waals surface area contributed by atoms with Crippen molar-refractivity contribution in [3.8, 4) is 5.75 Å². The zero-order valence-corrected chi connectivity index (χ0v) is 15.0. The number of nitrogens with one attached hydrogen (secondary N) is 2. The highest BCUT2D eigenvalue weighted by Gasteiger charge is 2.18. The number of carbonyl (C=O) groups excluding carboxylic acids is 2. The average molecular weight is 373 g/mol. The van der Waals surface area contributed by atoms with E-state index in [0.29, 0.717) is 27.7 Å². The number of methoxy groups -OCH3 is 1. The highest BCUT2D eigenvalue weighted by Crippen LogP contribution is 2.27. The Labute approximate surface area is 155 Å². The molecule has 2 N–H and O–H groups in total. The summed E-state index contributed by atoms with van der Waals surface area (Å²) in [5.74, 6) is -0.592. The number of rotatable bonds is 5. The summed E-state index contributed by atoms with van der Waals surface area (Å²) in [4.78, 5) is 27.7. The summed E-state index contributed by atoms with van der Waals surface area (Å²) in [5, 5.41) is 3.83. The third kappa shape index (κ3) is 3.65.